The van der Waals surface area contributed by atoms with Crippen LogP contribution in [0.15, 0.2) is 36.4 Å². The van der Waals surface area contributed by atoms with Crippen LogP contribution in [0, 0.1) is 6.92 Å². The molecule has 4 nitrogen and oxygen atoms in total. The van der Waals surface area contributed by atoms with Gasteiger partial charge in [-0.05, 0) is 68.1 Å². The van der Waals surface area contributed by atoms with E-state index in [-0.39, 0.29) is 0 Å². The summed E-state index contributed by atoms with van der Waals surface area (Å²) in [5, 5.41) is 2.27. The SMILES string of the molecule is COc1cc(C)c2[nH]c(-c3nc4ccccc4s3)c(CCCCN)c2c1. The van der Waals surface area contributed by atoms with Gasteiger partial charge in [0.25, 0.3) is 0 Å². The number of para-hydroxylation sites is 1. The number of aromatic nitrogens is 2. The highest BCUT2D eigenvalue weighted by Gasteiger charge is 2.18. The molecule has 0 radical (unpaired) electrons. The molecule has 0 saturated carbocycles. The molecular weight excluding hydrogens is 342 g/mol. The summed E-state index contributed by atoms with van der Waals surface area (Å²) >= 11 is 1.74. The number of nitrogens with two attached hydrogens (primary N) is 1. The van der Waals surface area contributed by atoms with Crippen molar-refractivity contribution in [2.75, 3.05) is 13.7 Å². The highest BCUT2D eigenvalue weighted by Crippen LogP contribution is 2.38. The molecule has 3 N–H and O–H groups in total. The molecule has 2 heterocycles. The first-order valence-corrected chi connectivity index (χ1v) is 9.78. The summed E-state index contributed by atoms with van der Waals surface area (Å²) in [6.45, 7) is 2.84. The Labute approximate surface area is 157 Å². The zero-order valence-electron chi connectivity index (χ0n) is 15.1. The Morgan fingerprint density at radius 2 is 2.04 bits per heavy atom. The molecule has 0 aliphatic heterocycles. The van der Waals surface area contributed by atoms with Gasteiger partial charge in [-0.15, -0.1) is 11.3 Å². The molecule has 4 rings (SSSR count). The summed E-state index contributed by atoms with van der Waals surface area (Å²) in [6.07, 6.45) is 3.07. The number of nitrogens with one attached hydrogen (secondary N) is 1. The summed E-state index contributed by atoms with van der Waals surface area (Å²) in [7, 11) is 1.72. The highest BCUT2D eigenvalue weighted by molar-refractivity contribution is 7.21. The third-order valence-electron chi connectivity index (χ3n) is 4.81. The van der Waals surface area contributed by atoms with Crippen molar-refractivity contribution in [3.63, 3.8) is 0 Å². The van der Waals surface area contributed by atoms with E-state index in [4.69, 9.17) is 15.5 Å². The molecular formula is C21H23N3OS. The minimum atomic E-state index is 0.723. The van der Waals surface area contributed by atoms with Crippen LogP contribution in [0.25, 0.3) is 31.8 Å². The minimum Gasteiger partial charge on any atom is -0.497 e. The Bertz CT molecular complexity index is 1030. The number of aromatic amines is 1. The van der Waals surface area contributed by atoms with E-state index in [1.165, 1.54) is 26.7 Å². The molecule has 5 heteroatoms. The molecule has 0 fully saturated rings. The van der Waals surface area contributed by atoms with Gasteiger partial charge in [-0.3, -0.25) is 0 Å². The molecule has 2 aromatic heterocycles. The number of unbranched alkanes of at least 4 members (excludes halogenated alkanes) is 1. The van der Waals surface area contributed by atoms with Crippen LogP contribution < -0.4 is 10.5 Å². The van der Waals surface area contributed by atoms with Crippen molar-refractivity contribution in [3.8, 4) is 16.5 Å². The molecule has 0 amide bonds. The van der Waals surface area contributed by atoms with Crippen LogP contribution in [0.4, 0.5) is 0 Å². The topological polar surface area (TPSA) is 63.9 Å². The summed E-state index contributed by atoms with van der Waals surface area (Å²) in [5.41, 5.74) is 11.6. The maximum atomic E-state index is 5.71. The fourth-order valence-electron chi connectivity index (χ4n) is 3.48. The van der Waals surface area contributed by atoms with Gasteiger partial charge >= 0.3 is 0 Å². The third-order valence-corrected chi connectivity index (χ3v) is 5.86. The van der Waals surface area contributed by atoms with E-state index in [0.29, 0.717) is 0 Å². The lowest BCUT2D eigenvalue weighted by atomic mass is 10.0. The van der Waals surface area contributed by atoms with Crippen molar-refractivity contribution in [2.24, 2.45) is 5.73 Å². The maximum absolute atomic E-state index is 5.71. The Balaban J connectivity index is 1.91. The van der Waals surface area contributed by atoms with E-state index >= 15 is 0 Å². The number of rotatable bonds is 6. The first-order chi connectivity index (χ1) is 12.7. The van der Waals surface area contributed by atoms with Gasteiger partial charge in [-0.2, -0.15) is 0 Å². The number of nitrogens with zero attached hydrogens (tertiary/aromatic N) is 1. The standard InChI is InChI=1S/C21H23N3OS/c1-13-11-14(25-2)12-16-15(7-5-6-10-22)20(24-19(13)16)21-23-17-8-3-4-9-18(17)26-21/h3-4,8-9,11-12,24H,5-7,10,22H2,1-2H3. The van der Waals surface area contributed by atoms with E-state index in [1.807, 2.05) is 6.07 Å². The molecule has 0 unspecified atom stereocenters. The Morgan fingerprint density at radius 1 is 1.19 bits per heavy atom. The van der Waals surface area contributed by atoms with Gasteiger partial charge < -0.3 is 15.5 Å². The number of methoxy groups -OCH3 is 1. The van der Waals surface area contributed by atoms with E-state index in [0.717, 1.165) is 47.8 Å². The Hall–Kier alpha value is -2.37. The summed E-state index contributed by atoms with van der Waals surface area (Å²) in [5.74, 6) is 0.893. The van der Waals surface area contributed by atoms with Crippen molar-refractivity contribution in [3.05, 3.63) is 47.5 Å². The number of ether oxygens (including phenoxy) is 1. The quantitative estimate of drug-likeness (QED) is 0.470. The Morgan fingerprint density at radius 3 is 2.81 bits per heavy atom. The van der Waals surface area contributed by atoms with Gasteiger partial charge in [-0.25, -0.2) is 4.98 Å². The van der Waals surface area contributed by atoms with E-state index in [2.05, 4.69) is 42.2 Å². The van der Waals surface area contributed by atoms with Crippen LogP contribution in [-0.4, -0.2) is 23.6 Å². The van der Waals surface area contributed by atoms with Crippen molar-refractivity contribution in [2.45, 2.75) is 26.2 Å². The van der Waals surface area contributed by atoms with Gasteiger partial charge in [0, 0.05) is 10.9 Å². The van der Waals surface area contributed by atoms with Crippen molar-refractivity contribution >= 4 is 32.5 Å². The largest absolute Gasteiger partial charge is 0.497 e. The summed E-state index contributed by atoms with van der Waals surface area (Å²) in [4.78, 5) is 8.52. The lowest BCUT2D eigenvalue weighted by Gasteiger charge is -2.05. The number of fused-ring (bicyclic) bond motifs is 2. The highest BCUT2D eigenvalue weighted by atomic mass is 32.1. The zero-order valence-corrected chi connectivity index (χ0v) is 16.0. The van der Waals surface area contributed by atoms with Crippen LogP contribution in [0.1, 0.15) is 24.0 Å². The number of hydrogen-bond acceptors (Lipinski definition) is 4. The van der Waals surface area contributed by atoms with Crippen LogP contribution in [0.5, 0.6) is 5.75 Å². The fraction of sp³-hybridized carbons (Fsp3) is 0.286. The summed E-state index contributed by atoms with van der Waals surface area (Å²) < 4.78 is 6.71. The predicted molar refractivity (Wildman–Crippen MR) is 110 cm³/mol. The molecule has 0 aliphatic carbocycles. The molecule has 0 spiro atoms. The zero-order chi connectivity index (χ0) is 18.1. The number of hydrogen-bond donors (Lipinski definition) is 2. The van der Waals surface area contributed by atoms with Gasteiger partial charge in [0.15, 0.2) is 0 Å². The van der Waals surface area contributed by atoms with Gasteiger partial charge in [0.2, 0.25) is 0 Å². The molecule has 2 aromatic carbocycles. The van der Waals surface area contributed by atoms with Gasteiger partial charge in [0.1, 0.15) is 10.8 Å². The second-order valence-corrected chi connectivity index (χ2v) is 7.61. The van der Waals surface area contributed by atoms with E-state index in [9.17, 15) is 0 Å². The molecule has 0 saturated heterocycles. The lowest BCUT2D eigenvalue weighted by Crippen LogP contribution is -1.99. The van der Waals surface area contributed by atoms with E-state index < -0.39 is 0 Å². The first kappa shape index (κ1) is 17.1. The molecule has 0 atom stereocenters. The average Bonchev–Trinajstić information content (AvgIpc) is 3.23. The van der Waals surface area contributed by atoms with Crippen LogP contribution >= 0.6 is 11.3 Å². The average molecular weight is 366 g/mol. The molecule has 0 aliphatic rings. The maximum Gasteiger partial charge on any atom is 0.141 e. The number of thiazole rings is 1. The Kier molecular flexibility index (Phi) is 4.66. The van der Waals surface area contributed by atoms with Crippen LogP contribution in [-0.2, 0) is 6.42 Å². The summed E-state index contributed by atoms with van der Waals surface area (Å²) in [6, 6.07) is 12.5. The van der Waals surface area contributed by atoms with Crippen molar-refractivity contribution in [1.82, 2.24) is 9.97 Å². The molecule has 4 aromatic rings. The number of benzene rings is 2. The molecule has 26 heavy (non-hydrogen) atoms. The monoisotopic (exact) mass is 365 g/mol. The minimum absolute atomic E-state index is 0.723. The smallest absolute Gasteiger partial charge is 0.141 e. The number of H-pyrrole nitrogens is 1. The predicted octanol–water partition coefficient (Wildman–Crippen LogP) is 5.04. The first-order valence-electron chi connectivity index (χ1n) is 8.96. The fourth-order valence-corrected chi connectivity index (χ4v) is 4.47. The van der Waals surface area contributed by atoms with Crippen molar-refractivity contribution in [1.29, 1.82) is 0 Å². The lowest BCUT2D eigenvalue weighted by molar-refractivity contribution is 0.415. The van der Waals surface area contributed by atoms with Crippen LogP contribution in [0.3, 0.4) is 0 Å². The van der Waals surface area contributed by atoms with Gasteiger partial charge in [0.05, 0.1) is 23.0 Å². The second kappa shape index (κ2) is 7.09. The molecule has 134 valence electrons. The normalized spacial score (nSPS) is 11.5. The second-order valence-electron chi connectivity index (χ2n) is 6.58. The molecule has 0 bridgehead atoms. The van der Waals surface area contributed by atoms with Gasteiger partial charge in [-0.1, -0.05) is 12.1 Å². The van der Waals surface area contributed by atoms with E-state index in [1.54, 1.807) is 18.4 Å². The van der Waals surface area contributed by atoms with Crippen molar-refractivity contribution < 1.29 is 4.74 Å². The number of aryl methyl sites for hydroxylation is 2. The van der Waals surface area contributed by atoms with Crippen LogP contribution in [0.2, 0.25) is 0 Å². The third kappa shape index (κ3) is 2.97.